The van der Waals surface area contributed by atoms with Crippen LogP contribution in [-0.2, 0) is 16.3 Å². The first kappa shape index (κ1) is 9.00. The summed E-state index contributed by atoms with van der Waals surface area (Å²) in [7, 11) is 0. The van der Waals surface area contributed by atoms with Crippen molar-refractivity contribution >= 4 is 18.5 Å². The van der Waals surface area contributed by atoms with Crippen LogP contribution in [0.1, 0.15) is 6.92 Å². The standard InChI is InChI=1S/C8H9O3PS/c1-2-9-12(13)10-7-5-3-4-6-8(7)11-12/h3-6H,2H2,1H3. The second kappa shape index (κ2) is 3.29. The van der Waals surface area contributed by atoms with Gasteiger partial charge >= 0.3 is 6.72 Å². The predicted molar refractivity (Wildman–Crippen MR) is 53.6 cm³/mol. The van der Waals surface area contributed by atoms with Crippen molar-refractivity contribution in [2.24, 2.45) is 0 Å². The molecule has 5 heteroatoms. The van der Waals surface area contributed by atoms with Gasteiger partial charge in [-0.25, -0.2) is 0 Å². The van der Waals surface area contributed by atoms with Gasteiger partial charge < -0.3 is 9.05 Å². The maximum absolute atomic E-state index is 5.42. The van der Waals surface area contributed by atoms with E-state index in [1.807, 2.05) is 31.2 Å². The largest absolute Gasteiger partial charge is 0.435 e. The lowest BCUT2D eigenvalue weighted by molar-refractivity contribution is 0.297. The van der Waals surface area contributed by atoms with Crippen molar-refractivity contribution in [3.8, 4) is 11.5 Å². The second-order valence-corrected chi connectivity index (χ2v) is 5.35. The molecule has 1 aliphatic rings. The molecule has 0 bridgehead atoms. The van der Waals surface area contributed by atoms with E-state index in [4.69, 9.17) is 25.4 Å². The molecule has 70 valence electrons. The van der Waals surface area contributed by atoms with Gasteiger partial charge in [-0.1, -0.05) is 12.1 Å². The fourth-order valence-corrected chi connectivity index (χ4v) is 3.11. The molecular formula is C8H9O3PS. The maximum Gasteiger partial charge on any atom is 0.435 e. The minimum Gasteiger partial charge on any atom is -0.412 e. The van der Waals surface area contributed by atoms with Crippen LogP contribution in [0.2, 0.25) is 0 Å². The molecule has 2 rings (SSSR count). The highest BCUT2D eigenvalue weighted by molar-refractivity contribution is 8.08. The Kier molecular flexibility index (Phi) is 2.28. The molecule has 0 amide bonds. The number of hydrogen-bond acceptors (Lipinski definition) is 4. The van der Waals surface area contributed by atoms with Crippen LogP contribution in [0.15, 0.2) is 24.3 Å². The molecule has 13 heavy (non-hydrogen) atoms. The first-order valence-corrected chi connectivity index (χ1v) is 6.52. The number of rotatable bonds is 2. The first-order valence-electron chi connectivity index (χ1n) is 3.96. The Balaban J connectivity index is 2.27. The SMILES string of the molecule is CCOP1(=S)Oc2ccccc2O1. The molecule has 0 aromatic heterocycles. The summed E-state index contributed by atoms with van der Waals surface area (Å²) in [6, 6.07) is 7.39. The smallest absolute Gasteiger partial charge is 0.412 e. The summed E-state index contributed by atoms with van der Waals surface area (Å²) in [6.45, 7) is -0.149. The van der Waals surface area contributed by atoms with Gasteiger partial charge in [0.05, 0.1) is 6.61 Å². The van der Waals surface area contributed by atoms with Gasteiger partial charge in [-0.15, -0.1) is 0 Å². The van der Waals surface area contributed by atoms with E-state index in [-0.39, 0.29) is 0 Å². The molecule has 0 saturated carbocycles. The van der Waals surface area contributed by atoms with Crippen molar-refractivity contribution in [3.63, 3.8) is 0 Å². The maximum atomic E-state index is 5.42. The topological polar surface area (TPSA) is 27.7 Å². The second-order valence-electron chi connectivity index (χ2n) is 2.49. The van der Waals surface area contributed by atoms with Crippen molar-refractivity contribution < 1.29 is 13.6 Å². The molecule has 0 radical (unpaired) electrons. The Bertz CT molecular complexity index is 337. The van der Waals surface area contributed by atoms with E-state index in [1.165, 1.54) is 0 Å². The summed E-state index contributed by atoms with van der Waals surface area (Å²) < 4.78 is 16.1. The van der Waals surface area contributed by atoms with Crippen LogP contribution in [0, 0.1) is 0 Å². The fourth-order valence-electron chi connectivity index (χ4n) is 1.07. The molecular weight excluding hydrogens is 207 g/mol. The lowest BCUT2D eigenvalue weighted by Crippen LogP contribution is -1.96. The van der Waals surface area contributed by atoms with E-state index in [0.29, 0.717) is 18.1 Å². The zero-order valence-corrected chi connectivity index (χ0v) is 8.81. The lowest BCUT2D eigenvalue weighted by Gasteiger charge is -2.11. The lowest BCUT2D eigenvalue weighted by atomic mass is 10.3. The minimum absolute atomic E-state index is 0.505. The average molecular weight is 216 g/mol. The first-order chi connectivity index (χ1) is 6.23. The van der Waals surface area contributed by atoms with E-state index < -0.39 is 6.72 Å². The van der Waals surface area contributed by atoms with E-state index in [1.54, 1.807) is 0 Å². The molecule has 1 heterocycles. The molecule has 3 nitrogen and oxygen atoms in total. The molecule has 1 aliphatic heterocycles. The third kappa shape index (κ3) is 1.70. The van der Waals surface area contributed by atoms with E-state index in [2.05, 4.69) is 0 Å². The Labute approximate surface area is 81.9 Å². The van der Waals surface area contributed by atoms with Crippen LogP contribution >= 0.6 is 6.72 Å². The molecule has 0 aliphatic carbocycles. The van der Waals surface area contributed by atoms with E-state index >= 15 is 0 Å². The zero-order chi connectivity index (χ0) is 9.31. The van der Waals surface area contributed by atoms with Crippen LogP contribution in [0.4, 0.5) is 0 Å². The van der Waals surface area contributed by atoms with Gasteiger partial charge in [0.1, 0.15) is 0 Å². The van der Waals surface area contributed by atoms with Crippen LogP contribution in [0.5, 0.6) is 11.5 Å². The number of benzene rings is 1. The van der Waals surface area contributed by atoms with Crippen LogP contribution in [0.3, 0.4) is 0 Å². The summed E-state index contributed by atoms with van der Waals surface area (Å²) in [6.07, 6.45) is 0. The van der Waals surface area contributed by atoms with Crippen LogP contribution in [0.25, 0.3) is 0 Å². The van der Waals surface area contributed by atoms with Crippen molar-refractivity contribution in [1.29, 1.82) is 0 Å². The van der Waals surface area contributed by atoms with Crippen molar-refractivity contribution in [3.05, 3.63) is 24.3 Å². The predicted octanol–water partition coefficient (Wildman–Crippen LogP) is 2.72. The molecule has 0 atom stereocenters. The summed E-state index contributed by atoms with van der Waals surface area (Å²) in [5.74, 6) is 1.36. The zero-order valence-electron chi connectivity index (χ0n) is 7.10. The molecule has 0 fully saturated rings. The number of para-hydroxylation sites is 2. The van der Waals surface area contributed by atoms with Crippen molar-refractivity contribution in [2.75, 3.05) is 6.61 Å². The fraction of sp³-hybridized carbons (Fsp3) is 0.250. The van der Waals surface area contributed by atoms with Gasteiger partial charge in [0.25, 0.3) is 0 Å². The highest BCUT2D eigenvalue weighted by atomic mass is 32.5. The minimum atomic E-state index is -2.52. The highest BCUT2D eigenvalue weighted by Gasteiger charge is 2.32. The van der Waals surface area contributed by atoms with Gasteiger partial charge in [-0.2, -0.15) is 0 Å². The Morgan fingerprint density at radius 1 is 1.31 bits per heavy atom. The van der Waals surface area contributed by atoms with Gasteiger partial charge in [-0.05, 0) is 19.1 Å². The van der Waals surface area contributed by atoms with Crippen molar-refractivity contribution in [2.45, 2.75) is 6.92 Å². The van der Waals surface area contributed by atoms with Gasteiger partial charge in [0.2, 0.25) is 0 Å². The summed E-state index contributed by atoms with van der Waals surface area (Å²) in [5.41, 5.74) is 0. The summed E-state index contributed by atoms with van der Waals surface area (Å²) in [5, 5.41) is 0. The highest BCUT2D eigenvalue weighted by Crippen LogP contribution is 2.58. The van der Waals surface area contributed by atoms with E-state index in [9.17, 15) is 0 Å². The van der Waals surface area contributed by atoms with Crippen LogP contribution in [-0.4, -0.2) is 6.61 Å². The third-order valence-corrected chi connectivity index (χ3v) is 3.74. The molecule has 1 aromatic rings. The Morgan fingerprint density at radius 3 is 2.31 bits per heavy atom. The van der Waals surface area contributed by atoms with Crippen LogP contribution < -0.4 is 9.05 Å². The molecule has 0 unspecified atom stereocenters. The summed E-state index contributed by atoms with van der Waals surface area (Å²) in [4.78, 5) is 0. The van der Waals surface area contributed by atoms with Gasteiger partial charge in [0.15, 0.2) is 11.5 Å². The van der Waals surface area contributed by atoms with Gasteiger partial charge in [0, 0.05) is 11.8 Å². The summed E-state index contributed by atoms with van der Waals surface area (Å²) >= 11 is 5.12. The monoisotopic (exact) mass is 216 g/mol. The van der Waals surface area contributed by atoms with E-state index in [0.717, 1.165) is 0 Å². The number of fused-ring (bicyclic) bond motifs is 1. The molecule has 0 spiro atoms. The molecule has 0 saturated heterocycles. The Morgan fingerprint density at radius 2 is 1.85 bits per heavy atom. The quantitative estimate of drug-likeness (QED) is 0.710. The number of hydrogen-bond donors (Lipinski definition) is 0. The third-order valence-electron chi connectivity index (χ3n) is 1.56. The average Bonchev–Trinajstić information content (AvgIpc) is 2.40. The molecule has 0 N–H and O–H groups in total. The normalized spacial score (nSPS) is 17.3. The molecule has 1 aromatic carbocycles. The Hall–Kier alpha value is -0.570. The van der Waals surface area contributed by atoms with Gasteiger partial charge in [-0.3, -0.25) is 4.52 Å². The van der Waals surface area contributed by atoms with Crippen molar-refractivity contribution in [1.82, 2.24) is 0 Å².